The molecule has 1 saturated carbocycles. The Balaban J connectivity index is 1.37. The summed E-state index contributed by atoms with van der Waals surface area (Å²) in [6.45, 7) is 6.43. The number of alkyl halides is 3. The fourth-order valence-electron chi connectivity index (χ4n) is 4.23. The van der Waals surface area contributed by atoms with Crippen LogP contribution in [0, 0.1) is 6.92 Å². The number of halogens is 3. The Hall–Kier alpha value is -3.58. The van der Waals surface area contributed by atoms with Crippen molar-refractivity contribution in [2.45, 2.75) is 58.3 Å². The molecule has 1 atom stereocenters. The van der Waals surface area contributed by atoms with Gasteiger partial charge in [-0.15, -0.1) is 0 Å². The van der Waals surface area contributed by atoms with E-state index in [9.17, 15) is 27.6 Å². The van der Waals surface area contributed by atoms with E-state index in [-0.39, 0.29) is 25.0 Å². The van der Waals surface area contributed by atoms with Gasteiger partial charge in [-0.3, -0.25) is 19.0 Å². The van der Waals surface area contributed by atoms with E-state index in [2.05, 4.69) is 15.5 Å². The van der Waals surface area contributed by atoms with E-state index in [1.165, 1.54) is 10.9 Å². The van der Waals surface area contributed by atoms with Gasteiger partial charge in [0.05, 0.1) is 18.0 Å². The second kappa shape index (κ2) is 10.4. The minimum absolute atomic E-state index is 0.0214. The average Bonchev–Trinajstić information content (AvgIpc) is 3.50. The highest BCUT2D eigenvalue weighted by Crippen LogP contribution is 2.42. The normalized spacial score (nSPS) is 17.0. The van der Waals surface area contributed by atoms with Gasteiger partial charge in [0.1, 0.15) is 12.6 Å². The lowest BCUT2D eigenvalue weighted by atomic mass is 10.2. The Morgan fingerprint density at radius 1 is 1.14 bits per heavy atom. The van der Waals surface area contributed by atoms with Crippen molar-refractivity contribution in [3.05, 3.63) is 29.3 Å². The molecule has 0 spiro atoms. The number of aromatic nitrogens is 4. The Kier molecular flexibility index (Phi) is 7.46. The van der Waals surface area contributed by atoms with Crippen molar-refractivity contribution in [2.75, 3.05) is 38.1 Å². The summed E-state index contributed by atoms with van der Waals surface area (Å²) in [5.41, 5.74) is 0.200. The zero-order valence-corrected chi connectivity index (χ0v) is 20.9. The van der Waals surface area contributed by atoms with Gasteiger partial charge in [-0.05, 0) is 39.7 Å². The van der Waals surface area contributed by atoms with E-state index in [4.69, 9.17) is 4.74 Å². The summed E-state index contributed by atoms with van der Waals surface area (Å²) in [7, 11) is 0. The predicted octanol–water partition coefficient (Wildman–Crippen LogP) is 2.78. The quantitative estimate of drug-likeness (QED) is 0.595. The van der Waals surface area contributed by atoms with Crippen LogP contribution in [0.25, 0.3) is 0 Å². The average molecular weight is 526 g/mol. The monoisotopic (exact) mass is 525 g/mol. The molecule has 2 aromatic rings. The maximum Gasteiger partial charge on any atom is 0.435 e. The van der Waals surface area contributed by atoms with Gasteiger partial charge in [-0.25, -0.2) is 4.79 Å². The molecule has 1 unspecified atom stereocenters. The Bertz CT molecular complexity index is 1160. The van der Waals surface area contributed by atoms with E-state index >= 15 is 0 Å². The zero-order valence-electron chi connectivity index (χ0n) is 20.9. The first-order valence-electron chi connectivity index (χ1n) is 12.2. The third-order valence-corrected chi connectivity index (χ3v) is 6.45. The van der Waals surface area contributed by atoms with Crippen LogP contribution in [0.3, 0.4) is 0 Å². The molecule has 0 aromatic carbocycles. The largest absolute Gasteiger partial charge is 0.450 e. The number of hydrogen-bond donors (Lipinski definition) is 1. The van der Waals surface area contributed by atoms with E-state index in [0.717, 1.165) is 23.6 Å². The van der Waals surface area contributed by atoms with Crippen molar-refractivity contribution in [3.8, 4) is 0 Å². The number of amides is 3. The van der Waals surface area contributed by atoms with E-state index in [1.807, 2.05) is 0 Å². The van der Waals surface area contributed by atoms with E-state index in [0.29, 0.717) is 43.3 Å². The van der Waals surface area contributed by atoms with Crippen LogP contribution in [0.4, 0.5) is 23.7 Å². The molecule has 1 saturated heterocycles. The summed E-state index contributed by atoms with van der Waals surface area (Å²) in [4.78, 5) is 40.8. The third-order valence-electron chi connectivity index (χ3n) is 6.45. The van der Waals surface area contributed by atoms with Gasteiger partial charge in [-0.1, -0.05) is 0 Å². The lowest BCUT2D eigenvalue weighted by molar-refractivity contribution is -0.141. The van der Waals surface area contributed by atoms with Crippen LogP contribution in [0.1, 0.15) is 55.7 Å². The third kappa shape index (κ3) is 6.05. The molecule has 202 valence electrons. The van der Waals surface area contributed by atoms with Crippen LogP contribution in [-0.2, 0) is 27.0 Å². The summed E-state index contributed by atoms with van der Waals surface area (Å²) >= 11 is 0. The molecule has 1 aliphatic heterocycles. The number of aryl methyl sites for hydroxylation is 1. The summed E-state index contributed by atoms with van der Waals surface area (Å²) in [6.07, 6.45) is -1.94. The topological polar surface area (TPSA) is 115 Å². The molecule has 2 fully saturated rings. The molecule has 0 radical (unpaired) electrons. The molecule has 4 rings (SSSR count). The maximum absolute atomic E-state index is 13.1. The van der Waals surface area contributed by atoms with Crippen molar-refractivity contribution >= 4 is 23.6 Å². The van der Waals surface area contributed by atoms with Crippen molar-refractivity contribution in [1.29, 1.82) is 0 Å². The molecule has 1 N–H and O–H groups in total. The molecule has 11 nitrogen and oxygen atoms in total. The van der Waals surface area contributed by atoms with Crippen LogP contribution in [-0.4, -0.2) is 80.1 Å². The molecule has 0 bridgehead atoms. The molecule has 2 aromatic heterocycles. The van der Waals surface area contributed by atoms with Gasteiger partial charge in [0.15, 0.2) is 5.69 Å². The van der Waals surface area contributed by atoms with Crippen LogP contribution in [0.2, 0.25) is 0 Å². The first-order valence-corrected chi connectivity index (χ1v) is 12.2. The first kappa shape index (κ1) is 26.5. The fourth-order valence-corrected chi connectivity index (χ4v) is 4.23. The standard InChI is InChI=1S/C23H30F3N7O4/c1-4-37-22(36)31-9-7-30(8-10-31)21(35)15(3)32-12-17(14(2)28-32)27-20(34)13-33-18(16-5-6-16)11-19(29-33)23(24,25)26/h11-12,15-16H,4-10,13H2,1-3H3,(H,27,34). The number of ether oxygens (including phenoxy) is 1. The number of nitrogens with one attached hydrogen (secondary N) is 1. The number of rotatable bonds is 7. The SMILES string of the molecule is CCOC(=O)N1CCN(C(=O)C(C)n2cc(NC(=O)Cn3nc(C(F)(F)F)cc3C3CC3)c(C)n2)CC1. The molecule has 3 heterocycles. The predicted molar refractivity (Wildman–Crippen MR) is 125 cm³/mol. The van der Waals surface area contributed by atoms with Gasteiger partial charge in [0.2, 0.25) is 11.8 Å². The highest BCUT2D eigenvalue weighted by atomic mass is 19.4. The van der Waals surface area contributed by atoms with Crippen LogP contribution < -0.4 is 5.32 Å². The molecule has 1 aliphatic carbocycles. The molecule has 14 heteroatoms. The molecule has 3 amide bonds. The minimum Gasteiger partial charge on any atom is -0.450 e. The van der Waals surface area contributed by atoms with Crippen molar-refractivity contribution in [1.82, 2.24) is 29.4 Å². The smallest absolute Gasteiger partial charge is 0.435 e. The van der Waals surface area contributed by atoms with Crippen molar-refractivity contribution < 1.29 is 32.3 Å². The lowest BCUT2D eigenvalue weighted by Gasteiger charge is -2.35. The molecule has 37 heavy (non-hydrogen) atoms. The highest BCUT2D eigenvalue weighted by molar-refractivity contribution is 5.91. The minimum atomic E-state index is -4.59. The summed E-state index contributed by atoms with van der Waals surface area (Å²) in [5.74, 6) is -0.753. The Labute approximate surface area is 211 Å². The number of nitrogens with zero attached hydrogens (tertiary/aromatic N) is 6. The second-order valence-electron chi connectivity index (χ2n) is 9.23. The van der Waals surface area contributed by atoms with Gasteiger partial charge in [-0.2, -0.15) is 23.4 Å². The van der Waals surface area contributed by atoms with E-state index < -0.39 is 29.9 Å². The molecule has 2 aliphatic rings. The summed E-state index contributed by atoms with van der Waals surface area (Å²) < 4.78 is 46.9. The van der Waals surface area contributed by atoms with Gasteiger partial charge in [0, 0.05) is 44.0 Å². The van der Waals surface area contributed by atoms with Gasteiger partial charge < -0.3 is 19.9 Å². The second-order valence-corrected chi connectivity index (χ2v) is 9.23. The summed E-state index contributed by atoms with van der Waals surface area (Å²) in [6, 6.07) is 0.342. The number of hydrogen-bond acceptors (Lipinski definition) is 6. The zero-order chi connectivity index (χ0) is 26.9. The Morgan fingerprint density at radius 3 is 2.38 bits per heavy atom. The lowest BCUT2D eigenvalue weighted by Crippen LogP contribution is -2.52. The van der Waals surface area contributed by atoms with Crippen LogP contribution >= 0.6 is 0 Å². The number of anilines is 1. The maximum atomic E-state index is 13.1. The van der Waals surface area contributed by atoms with Crippen molar-refractivity contribution in [3.63, 3.8) is 0 Å². The number of piperazine rings is 1. The summed E-state index contributed by atoms with van der Waals surface area (Å²) in [5, 5.41) is 10.6. The highest BCUT2D eigenvalue weighted by Gasteiger charge is 2.38. The van der Waals surface area contributed by atoms with Gasteiger partial charge >= 0.3 is 12.3 Å². The van der Waals surface area contributed by atoms with Crippen LogP contribution in [0.5, 0.6) is 0 Å². The fraction of sp³-hybridized carbons (Fsp3) is 0.609. The van der Waals surface area contributed by atoms with Crippen molar-refractivity contribution in [2.24, 2.45) is 0 Å². The van der Waals surface area contributed by atoms with Crippen LogP contribution in [0.15, 0.2) is 12.3 Å². The Morgan fingerprint density at radius 2 is 1.78 bits per heavy atom. The first-order chi connectivity index (χ1) is 17.5. The van der Waals surface area contributed by atoms with Gasteiger partial charge in [0.25, 0.3) is 0 Å². The van der Waals surface area contributed by atoms with E-state index in [1.54, 1.807) is 30.6 Å². The molecular formula is C23H30F3N7O4. The molecular weight excluding hydrogens is 495 g/mol. The number of carbonyl (C=O) groups excluding carboxylic acids is 3. The number of carbonyl (C=O) groups is 3.